The van der Waals surface area contributed by atoms with Crippen LogP contribution < -0.4 is 17.0 Å². The lowest BCUT2D eigenvalue weighted by Gasteiger charge is -2.43. The summed E-state index contributed by atoms with van der Waals surface area (Å²) in [5.74, 6) is -0.0817. The van der Waals surface area contributed by atoms with Crippen molar-refractivity contribution in [3.8, 4) is 0 Å². The minimum Gasteiger partial charge on any atom is -0.427 e. The zero-order valence-electron chi connectivity index (χ0n) is 23.8. The molecular weight excluding hydrogens is 512 g/mol. The fourth-order valence-corrected chi connectivity index (χ4v) is 6.15. The van der Waals surface area contributed by atoms with Crippen molar-refractivity contribution in [1.82, 2.24) is 9.55 Å². The Kier molecular flexibility index (Phi) is 7.41. The number of H-pyrrole nitrogens is 1. The Morgan fingerprint density at radius 1 is 1.08 bits per heavy atom. The number of amidine groups is 1. The lowest BCUT2D eigenvalue weighted by atomic mass is 9.91. The van der Waals surface area contributed by atoms with Crippen molar-refractivity contribution in [3.05, 3.63) is 32.6 Å². The van der Waals surface area contributed by atoms with Crippen LogP contribution in [0.1, 0.15) is 53.3 Å². The molecule has 2 aliphatic rings. The number of nitrogens with two attached hydrogens (primary N) is 1. The van der Waals surface area contributed by atoms with Crippen LogP contribution in [0.4, 0.5) is 4.79 Å². The van der Waals surface area contributed by atoms with E-state index in [1.54, 1.807) is 6.92 Å². The van der Waals surface area contributed by atoms with Gasteiger partial charge in [0.1, 0.15) is 12.2 Å². The summed E-state index contributed by atoms with van der Waals surface area (Å²) in [6.07, 6.45) is -2.42. The molecule has 2 unspecified atom stereocenters. The van der Waals surface area contributed by atoms with Crippen LogP contribution >= 0.6 is 0 Å². The number of amides is 1. The van der Waals surface area contributed by atoms with E-state index in [-0.39, 0.29) is 22.5 Å². The third kappa shape index (κ3) is 5.15. The molecule has 2 aliphatic heterocycles. The largest absolute Gasteiger partial charge is 0.436 e. The molecule has 1 aromatic heterocycles. The van der Waals surface area contributed by atoms with Crippen molar-refractivity contribution in [2.24, 2.45) is 10.7 Å². The Morgan fingerprint density at radius 3 is 2.14 bits per heavy atom. The van der Waals surface area contributed by atoms with Crippen molar-refractivity contribution in [3.63, 3.8) is 0 Å². The van der Waals surface area contributed by atoms with E-state index in [2.05, 4.69) is 64.6 Å². The molecular formula is C24H42N4O7Si2. The zero-order chi connectivity index (χ0) is 28.4. The van der Waals surface area contributed by atoms with Crippen molar-refractivity contribution in [1.29, 1.82) is 0 Å². The predicted molar refractivity (Wildman–Crippen MR) is 146 cm³/mol. The van der Waals surface area contributed by atoms with Crippen LogP contribution in [-0.4, -0.2) is 62.5 Å². The Labute approximate surface area is 220 Å². The number of nitrogens with one attached hydrogen (secondary N) is 1. The first-order valence-corrected chi connectivity index (χ1v) is 18.3. The van der Waals surface area contributed by atoms with Gasteiger partial charge in [0.25, 0.3) is 5.56 Å². The van der Waals surface area contributed by atoms with Gasteiger partial charge in [-0.05, 0) is 43.2 Å². The number of aromatic amines is 1. The molecule has 1 saturated heterocycles. The molecule has 0 radical (unpaired) electrons. The summed E-state index contributed by atoms with van der Waals surface area (Å²) in [6, 6.07) is 0. The zero-order valence-corrected chi connectivity index (χ0v) is 25.8. The topological polar surface area (TPSA) is 147 Å². The Hall–Kier alpha value is -2.07. The quantitative estimate of drug-likeness (QED) is 0.509. The second-order valence-electron chi connectivity index (χ2n) is 13.0. The number of ether oxygens (including phenoxy) is 2. The van der Waals surface area contributed by atoms with Gasteiger partial charge < -0.3 is 24.1 Å². The molecule has 1 spiro atoms. The molecule has 37 heavy (non-hydrogen) atoms. The highest BCUT2D eigenvalue weighted by Gasteiger charge is 2.68. The van der Waals surface area contributed by atoms with E-state index in [4.69, 9.17) is 24.1 Å². The number of aryl methyl sites for hydroxylation is 1. The van der Waals surface area contributed by atoms with E-state index in [1.165, 1.54) is 10.8 Å². The fourth-order valence-electron chi connectivity index (χ4n) is 3.87. The molecule has 3 heterocycles. The maximum atomic E-state index is 13.0. The summed E-state index contributed by atoms with van der Waals surface area (Å²) in [7, 11) is -4.81. The normalized spacial score (nSPS) is 27.1. The number of aliphatic imine (C=N–C) groups is 1. The van der Waals surface area contributed by atoms with E-state index in [9.17, 15) is 14.4 Å². The third-order valence-corrected chi connectivity index (χ3v) is 17.3. The van der Waals surface area contributed by atoms with Gasteiger partial charge in [0.15, 0.2) is 28.7 Å². The van der Waals surface area contributed by atoms with E-state index in [0.29, 0.717) is 5.56 Å². The van der Waals surface area contributed by atoms with E-state index in [1.807, 2.05) is 13.1 Å². The predicted octanol–water partition coefficient (Wildman–Crippen LogP) is 3.40. The fraction of sp³-hybridized carbons (Fsp3) is 0.750. The van der Waals surface area contributed by atoms with Crippen LogP contribution in [0.2, 0.25) is 36.3 Å². The summed E-state index contributed by atoms with van der Waals surface area (Å²) >= 11 is 0. The van der Waals surface area contributed by atoms with Crippen LogP contribution in [0.3, 0.4) is 0 Å². The SMILES string of the molecule is Cc1cn([C@@H]2OC(CO[Si](C)(C)C(C)(C)C)C3(OC(=O)N=C3N)[C@H]2O[Si](C)(C)C(C)(C)C)c(=O)[nH]c1=O. The van der Waals surface area contributed by atoms with Gasteiger partial charge in [-0.3, -0.25) is 14.3 Å². The van der Waals surface area contributed by atoms with Crippen LogP contribution in [0.15, 0.2) is 20.8 Å². The van der Waals surface area contributed by atoms with Gasteiger partial charge in [-0.2, -0.15) is 4.99 Å². The highest BCUT2D eigenvalue weighted by atomic mass is 28.4. The number of hydrogen-bond acceptors (Lipinski definition) is 8. The maximum absolute atomic E-state index is 13.0. The molecule has 13 heteroatoms. The van der Waals surface area contributed by atoms with Crippen molar-refractivity contribution in [2.45, 2.75) is 109 Å². The third-order valence-electron chi connectivity index (χ3n) is 8.38. The summed E-state index contributed by atoms with van der Waals surface area (Å²) < 4.78 is 26.9. The van der Waals surface area contributed by atoms with E-state index < -0.39 is 58.0 Å². The lowest BCUT2D eigenvalue weighted by Crippen LogP contribution is -2.62. The van der Waals surface area contributed by atoms with Crippen LogP contribution in [-0.2, 0) is 18.3 Å². The average Bonchev–Trinajstić information content (AvgIpc) is 3.18. The first-order valence-electron chi connectivity index (χ1n) is 12.5. The number of aromatic nitrogens is 2. The Morgan fingerprint density at radius 2 is 1.65 bits per heavy atom. The number of carbonyl (C=O) groups is 1. The molecule has 11 nitrogen and oxygen atoms in total. The standard InChI is InChI=1S/C24H42N4O7Si2/c1-14-12-28(20(30)26-17(14)29)18-16(35-37(10,11)23(5,6)7)24(19(25)27-21(31)34-24)15(33-18)13-32-36(8,9)22(2,3)4/h12,15-16,18H,13H2,1-11H3,(H2,25,27,31)(H,26,29,30)/t15?,16-,18+,24?/m0/s1. The van der Waals surface area contributed by atoms with Crippen LogP contribution in [0.5, 0.6) is 0 Å². The summed E-state index contributed by atoms with van der Waals surface area (Å²) in [5.41, 5.74) is 3.93. The number of nitrogens with zero attached hydrogens (tertiary/aromatic N) is 2. The first kappa shape index (κ1) is 29.5. The molecule has 4 atom stereocenters. The second-order valence-corrected chi connectivity index (χ2v) is 22.6. The van der Waals surface area contributed by atoms with Gasteiger partial charge in [-0.25, -0.2) is 9.59 Å². The van der Waals surface area contributed by atoms with E-state index in [0.717, 1.165) is 0 Å². The van der Waals surface area contributed by atoms with E-state index >= 15 is 0 Å². The molecule has 0 aromatic carbocycles. The minimum absolute atomic E-state index is 0.0466. The summed E-state index contributed by atoms with van der Waals surface area (Å²) in [5, 5.41) is -0.316. The molecule has 3 N–H and O–H groups in total. The smallest absolute Gasteiger partial charge is 0.427 e. The highest BCUT2D eigenvalue weighted by Crippen LogP contribution is 2.49. The maximum Gasteiger partial charge on any atom is 0.436 e. The van der Waals surface area contributed by atoms with Gasteiger partial charge in [-0.1, -0.05) is 41.5 Å². The van der Waals surface area contributed by atoms with Gasteiger partial charge in [0.05, 0.1) is 6.61 Å². The minimum atomic E-state index is -2.55. The van der Waals surface area contributed by atoms with Gasteiger partial charge in [-0.15, -0.1) is 0 Å². The highest BCUT2D eigenvalue weighted by molar-refractivity contribution is 6.74. The Bertz CT molecular complexity index is 1210. The van der Waals surface area contributed by atoms with Gasteiger partial charge >= 0.3 is 11.8 Å². The van der Waals surface area contributed by atoms with Gasteiger partial charge in [0, 0.05) is 11.8 Å². The molecule has 0 saturated carbocycles. The molecule has 1 fully saturated rings. The molecule has 0 bridgehead atoms. The lowest BCUT2D eigenvalue weighted by molar-refractivity contribution is -0.0569. The van der Waals surface area contributed by atoms with Crippen molar-refractivity contribution in [2.75, 3.05) is 6.61 Å². The molecule has 3 rings (SSSR count). The van der Waals surface area contributed by atoms with Gasteiger partial charge in [0.2, 0.25) is 5.60 Å². The second kappa shape index (κ2) is 9.29. The van der Waals surface area contributed by atoms with Crippen LogP contribution in [0.25, 0.3) is 0 Å². The number of rotatable bonds is 6. The van der Waals surface area contributed by atoms with Crippen LogP contribution in [0, 0.1) is 6.92 Å². The average molecular weight is 555 g/mol. The Balaban J connectivity index is 2.19. The number of hydrogen-bond donors (Lipinski definition) is 2. The van der Waals surface area contributed by atoms with Crippen molar-refractivity contribution >= 4 is 28.6 Å². The summed E-state index contributed by atoms with van der Waals surface area (Å²) in [6.45, 7) is 22.5. The monoisotopic (exact) mass is 554 g/mol. The molecule has 0 aliphatic carbocycles. The van der Waals surface area contributed by atoms with Crippen molar-refractivity contribution < 1.29 is 23.1 Å². The molecule has 1 amide bonds. The molecule has 1 aromatic rings. The number of carbonyl (C=O) groups excluding carboxylic acids is 1. The first-order chi connectivity index (χ1) is 16.6. The summed E-state index contributed by atoms with van der Waals surface area (Å²) in [4.78, 5) is 43.8. The molecule has 208 valence electrons.